The van der Waals surface area contributed by atoms with Gasteiger partial charge in [-0.3, -0.25) is 19.5 Å². The predicted molar refractivity (Wildman–Crippen MR) is 111 cm³/mol. The van der Waals surface area contributed by atoms with E-state index in [9.17, 15) is 18.5 Å². The molecule has 29 heavy (non-hydrogen) atoms. The van der Waals surface area contributed by atoms with E-state index in [1.807, 2.05) is 19.9 Å². The highest BCUT2D eigenvalue weighted by molar-refractivity contribution is 7.92. The topological polar surface area (TPSA) is 119 Å². The molecule has 9 nitrogen and oxygen atoms in total. The first-order valence-electron chi connectivity index (χ1n) is 8.73. The molecule has 3 aromatic rings. The molecule has 0 radical (unpaired) electrons. The molecule has 0 aliphatic heterocycles. The number of nitrogens with one attached hydrogen (secondary N) is 2. The fourth-order valence-electron chi connectivity index (χ4n) is 2.83. The molecule has 10 heteroatoms. The van der Waals surface area contributed by atoms with Crippen LogP contribution in [0.25, 0.3) is 0 Å². The van der Waals surface area contributed by atoms with Crippen molar-refractivity contribution in [2.75, 3.05) is 10.0 Å². The van der Waals surface area contributed by atoms with E-state index in [1.54, 1.807) is 36.9 Å². The van der Waals surface area contributed by atoms with E-state index in [0.29, 0.717) is 11.5 Å². The van der Waals surface area contributed by atoms with Gasteiger partial charge >= 0.3 is 0 Å². The summed E-state index contributed by atoms with van der Waals surface area (Å²) >= 11 is 0. The molecule has 2 N–H and O–H groups in total. The van der Waals surface area contributed by atoms with E-state index in [4.69, 9.17) is 0 Å². The van der Waals surface area contributed by atoms with E-state index in [2.05, 4.69) is 15.1 Å². The van der Waals surface area contributed by atoms with Crippen LogP contribution in [-0.4, -0.2) is 23.1 Å². The molecule has 0 spiro atoms. The zero-order valence-corrected chi connectivity index (χ0v) is 17.2. The van der Waals surface area contributed by atoms with Gasteiger partial charge in [-0.2, -0.15) is 5.10 Å². The SMILES string of the molecule is Cc1ccc(NS(=O)(=O)c2ccc(Nc3cc(C)n(C)n3)c([N+](=O)[O-])c2)c(C)c1. The zero-order valence-electron chi connectivity index (χ0n) is 16.4. The average molecular weight is 415 g/mol. The Morgan fingerprint density at radius 2 is 1.72 bits per heavy atom. The third-order valence-electron chi connectivity index (χ3n) is 4.48. The maximum absolute atomic E-state index is 12.8. The predicted octanol–water partition coefficient (Wildman–Crippen LogP) is 3.80. The smallest absolute Gasteiger partial charge is 0.294 e. The second-order valence-corrected chi connectivity index (χ2v) is 8.46. The van der Waals surface area contributed by atoms with E-state index >= 15 is 0 Å². The number of aromatic nitrogens is 2. The largest absolute Gasteiger partial charge is 0.333 e. The molecule has 0 fully saturated rings. The van der Waals surface area contributed by atoms with Gasteiger partial charge in [0.15, 0.2) is 5.82 Å². The summed E-state index contributed by atoms with van der Waals surface area (Å²) in [4.78, 5) is 10.7. The number of benzene rings is 2. The fraction of sp³-hybridized carbons (Fsp3) is 0.211. The maximum Gasteiger partial charge on any atom is 0.294 e. The summed E-state index contributed by atoms with van der Waals surface area (Å²) in [5.41, 5.74) is 2.83. The van der Waals surface area contributed by atoms with E-state index < -0.39 is 14.9 Å². The van der Waals surface area contributed by atoms with Gasteiger partial charge in [0, 0.05) is 24.9 Å². The lowest BCUT2D eigenvalue weighted by molar-refractivity contribution is -0.384. The molecule has 0 atom stereocenters. The van der Waals surface area contributed by atoms with Crippen LogP contribution in [0, 0.1) is 30.9 Å². The standard InChI is InChI=1S/C19H21N5O4S/c1-12-5-7-16(13(2)9-12)22-29(27,28)15-6-8-17(18(11-15)24(25)26)20-19-10-14(3)23(4)21-19/h5-11,22H,1-4H3,(H,20,21). The van der Waals surface area contributed by atoms with Crippen LogP contribution in [0.5, 0.6) is 0 Å². The van der Waals surface area contributed by atoms with Crippen LogP contribution in [0.1, 0.15) is 16.8 Å². The Morgan fingerprint density at radius 1 is 1.03 bits per heavy atom. The van der Waals surface area contributed by atoms with Crippen molar-refractivity contribution in [3.63, 3.8) is 0 Å². The van der Waals surface area contributed by atoms with Gasteiger partial charge in [0.25, 0.3) is 15.7 Å². The average Bonchev–Trinajstić information content (AvgIpc) is 2.94. The lowest BCUT2D eigenvalue weighted by atomic mass is 10.1. The van der Waals surface area contributed by atoms with Crippen LogP contribution in [-0.2, 0) is 17.1 Å². The molecule has 0 aliphatic rings. The van der Waals surface area contributed by atoms with Crippen LogP contribution in [0.3, 0.4) is 0 Å². The second kappa shape index (κ2) is 7.55. The van der Waals surface area contributed by atoms with Crippen molar-refractivity contribution < 1.29 is 13.3 Å². The number of hydrogen-bond donors (Lipinski definition) is 2. The van der Waals surface area contributed by atoms with E-state index in [1.165, 1.54) is 12.1 Å². The summed E-state index contributed by atoms with van der Waals surface area (Å²) in [5.74, 6) is 0.428. The first-order valence-corrected chi connectivity index (χ1v) is 10.2. The summed E-state index contributed by atoms with van der Waals surface area (Å²) in [5, 5.41) is 18.6. The van der Waals surface area contributed by atoms with E-state index in [0.717, 1.165) is 22.9 Å². The molecule has 152 valence electrons. The number of aryl methyl sites for hydroxylation is 4. The van der Waals surface area contributed by atoms with Gasteiger partial charge in [0.2, 0.25) is 0 Å². The molecule has 0 amide bonds. The normalized spacial score (nSPS) is 11.3. The van der Waals surface area contributed by atoms with Gasteiger partial charge in [-0.05, 0) is 44.5 Å². The monoisotopic (exact) mass is 415 g/mol. The van der Waals surface area contributed by atoms with Crippen LogP contribution in [0.4, 0.5) is 22.9 Å². The highest BCUT2D eigenvalue weighted by Gasteiger charge is 2.22. The number of nitro groups is 1. The number of sulfonamides is 1. The second-order valence-electron chi connectivity index (χ2n) is 6.78. The molecular weight excluding hydrogens is 394 g/mol. The summed E-state index contributed by atoms with van der Waals surface area (Å²) in [6.07, 6.45) is 0. The van der Waals surface area contributed by atoms with Crippen LogP contribution < -0.4 is 10.0 Å². The van der Waals surface area contributed by atoms with Crippen molar-refractivity contribution >= 4 is 32.9 Å². The van der Waals surface area contributed by atoms with Gasteiger partial charge in [0.05, 0.1) is 15.5 Å². The number of hydrogen-bond acceptors (Lipinski definition) is 6. The first kappa shape index (κ1) is 20.3. The molecule has 1 aromatic heterocycles. The molecule has 0 saturated carbocycles. The highest BCUT2D eigenvalue weighted by Crippen LogP contribution is 2.31. The van der Waals surface area contributed by atoms with Crippen LogP contribution >= 0.6 is 0 Å². The minimum absolute atomic E-state index is 0.151. The van der Waals surface area contributed by atoms with Gasteiger partial charge in [-0.1, -0.05) is 17.7 Å². The number of rotatable bonds is 6. The molecule has 0 saturated heterocycles. The molecule has 0 aliphatic carbocycles. The summed E-state index contributed by atoms with van der Waals surface area (Å²) < 4.78 is 29.6. The highest BCUT2D eigenvalue weighted by atomic mass is 32.2. The Morgan fingerprint density at radius 3 is 2.31 bits per heavy atom. The Balaban J connectivity index is 1.95. The summed E-state index contributed by atoms with van der Waals surface area (Å²) in [7, 11) is -2.25. The van der Waals surface area contributed by atoms with Gasteiger partial charge < -0.3 is 5.32 Å². The lowest BCUT2D eigenvalue weighted by Gasteiger charge is -2.12. The van der Waals surface area contributed by atoms with Crippen LogP contribution in [0.2, 0.25) is 0 Å². The molecule has 0 bridgehead atoms. The van der Waals surface area contributed by atoms with Crippen molar-refractivity contribution in [2.24, 2.45) is 7.05 Å². The van der Waals surface area contributed by atoms with E-state index in [-0.39, 0.29) is 16.3 Å². The maximum atomic E-state index is 12.8. The Kier molecular flexibility index (Phi) is 5.29. The van der Waals surface area contributed by atoms with Gasteiger partial charge in [-0.25, -0.2) is 8.42 Å². The van der Waals surface area contributed by atoms with Gasteiger partial charge in [0.1, 0.15) is 5.69 Å². The molecule has 2 aromatic carbocycles. The first-order chi connectivity index (χ1) is 13.6. The van der Waals surface area contributed by atoms with Crippen molar-refractivity contribution in [1.82, 2.24) is 9.78 Å². The Labute approximate surface area is 168 Å². The minimum Gasteiger partial charge on any atom is -0.333 e. The number of nitro benzene ring substituents is 1. The van der Waals surface area contributed by atoms with Crippen molar-refractivity contribution in [3.05, 3.63) is 69.4 Å². The quantitative estimate of drug-likeness (QED) is 0.467. The molecular formula is C19H21N5O4S. The summed E-state index contributed by atoms with van der Waals surface area (Å²) in [6, 6.07) is 10.7. The van der Waals surface area contributed by atoms with Crippen molar-refractivity contribution in [1.29, 1.82) is 0 Å². The minimum atomic E-state index is -4.00. The molecule has 1 heterocycles. The number of nitrogens with zero attached hydrogens (tertiary/aromatic N) is 3. The molecule has 0 unspecified atom stereocenters. The lowest BCUT2D eigenvalue weighted by Crippen LogP contribution is -2.14. The van der Waals surface area contributed by atoms with Gasteiger partial charge in [-0.15, -0.1) is 0 Å². The Bertz CT molecular complexity index is 1180. The summed E-state index contributed by atoms with van der Waals surface area (Å²) in [6.45, 7) is 5.54. The van der Waals surface area contributed by atoms with Crippen LogP contribution in [0.15, 0.2) is 47.4 Å². The molecule has 3 rings (SSSR count). The fourth-order valence-corrected chi connectivity index (χ4v) is 3.98. The van der Waals surface area contributed by atoms with Crippen molar-refractivity contribution in [2.45, 2.75) is 25.7 Å². The number of anilines is 3. The van der Waals surface area contributed by atoms with Crippen molar-refractivity contribution in [3.8, 4) is 0 Å². The Hall–Kier alpha value is -3.40. The zero-order chi connectivity index (χ0) is 21.3. The third-order valence-corrected chi connectivity index (χ3v) is 5.84. The third kappa shape index (κ3) is 4.37.